The van der Waals surface area contributed by atoms with Crippen molar-refractivity contribution in [3.05, 3.63) is 35.2 Å². The van der Waals surface area contributed by atoms with Crippen molar-refractivity contribution in [1.82, 2.24) is 5.32 Å². The summed E-state index contributed by atoms with van der Waals surface area (Å²) in [6.07, 6.45) is -4.87. The topological polar surface area (TPSA) is 49.3 Å². The predicted octanol–water partition coefficient (Wildman–Crippen LogP) is 3.40. The fourth-order valence-electron chi connectivity index (χ4n) is 1.74. The van der Waals surface area contributed by atoms with Gasteiger partial charge in [-0.1, -0.05) is 18.2 Å². The Balaban J connectivity index is 2.25. The highest BCUT2D eigenvalue weighted by atomic mass is 32.1. The average Bonchev–Trinajstić information content (AvgIpc) is 2.77. The molecule has 0 radical (unpaired) electrons. The molecule has 0 aliphatic rings. The molecule has 0 bridgehead atoms. The lowest BCUT2D eigenvalue weighted by Crippen LogP contribution is -2.59. The standard InChI is InChI=1S/C13H12F3NO2S/c1-12(11(18)19,13(14,15)16)17-6-8-7-20-10-5-3-2-4-9(8)10/h2-5,7,17H,6H2,1H3,(H,18,19). The van der Waals surface area contributed by atoms with E-state index >= 15 is 0 Å². The van der Waals surface area contributed by atoms with Crippen molar-refractivity contribution < 1.29 is 23.1 Å². The van der Waals surface area contributed by atoms with Gasteiger partial charge in [0.15, 0.2) is 0 Å². The number of hydrogen-bond donors (Lipinski definition) is 2. The molecule has 20 heavy (non-hydrogen) atoms. The second-order valence-electron chi connectivity index (χ2n) is 4.54. The van der Waals surface area contributed by atoms with Crippen LogP contribution in [-0.4, -0.2) is 22.8 Å². The van der Waals surface area contributed by atoms with Gasteiger partial charge in [0.1, 0.15) is 0 Å². The second kappa shape index (κ2) is 5.06. The lowest BCUT2D eigenvalue weighted by molar-refractivity contribution is -0.206. The van der Waals surface area contributed by atoms with Gasteiger partial charge < -0.3 is 5.11 Å². The Kier molecular flexibility index (Phi) is 3.75. The molecule has 2 aromatic rings. The number of halogens is 3. The van der Waals surface area contributed by atoms with Crippen LogP contribution in [0.15, 0.2) is 29.6 Å². The zero-order chi connectivity index (χ0) is 15.0. The molecule has 1 aromatic carbocycles. The van der Waals surface area contributed by atoms with Crippen LogP contribution in [0.1, 0.15) is 12.5 Å². The van der Waals surface area contributed by atoms with E-state index in [1.807, 2.05) is 12.1 Å². The van der Waals surface area contributed by atoms with E-state index in [-0.39, 0.29) is 6.54 Å². The van der Waals surface area contributed by atoms with Crippen molar-refractivity contribution in [2.75, 3.05) is 0 Å². The Bertz CT molecular complexity index is 638. The summed E-state index contributed by atoms with van der Waals surface area (Å²) in [4.78, 5) is 10.9. The van der Waals surface area contributed by atoms with Gasteiger partial charge in [0.25, 0.3) is 0 Å². The van der Waals surface area contributed by atoms with E-state index in [0.29, 0.717) is 12.5 Å². The van der Waals surface area contributed by atoms with Gasteiger partial charge >= 0.3 is 12.1 Å². The summed E-state index contributed by atoms with van der Waals surface area (Å²) in [5, 5.41) is 13.5. The molecule has 0 aliphatic carbocycles. The molecule has 2 rings (SSSR count). The zero-order valence-electron chi connectivity index (χ0n) is 10.5. The second-order valence-corrected chi connectivity index (χ2v) is 5.45. The first-order chi connectivity index (χ1) is 9.25. The van der Waals surface area contributed by atoms with Crippen LogP contribution in [0.25, 0.3) is 10.1 Å². The maximum Gasteiger partial charge on any atom is 0.417 e. The number of hydrogen-bond acceptors (Lipinski definition) is 3. The lowest BCUT2D eigenvalue weighted by atomic mass is 10.0. The fourth-order valence-corrected chi connectivity index (χ4v) is 2.70. The third-order valence-electron chi connectivity index (χ3n) is 3.19. The Labute approximate surface area is 117 Å². The van der Waals surface area contributed by atoms with Crippen LogP contribution in [0, 0.1) is 0 Å². The summed E-state index contributed by atoms with van der Waals surface area (Å²) >= 11 is 1.41. The number of rotatable bonds is 4. The van der Waals surface area contributed by atoms with Crippen molar-refractivity contribution in [2.45, 2.75) is 25.2 Å². The molecule has 1 atom stereocenters. The third kappa shape index (κ3) is 2.51. The van der Waals surface area contributed by atoms with Gasteiger partial charge in [-0.2, -0.15) is 13.2 Å². The summed E-state index contributed by atoms with van der Waals surface area (Å²) in [6, 6.07) is 7.30. The molecule has 3 nitrogen and oxygen atoms in total. The minimum Gasteiger partial charge on any atom is -0.480 e. The number of carboxylic acids is 1. The number of benzene rings is 1. The molecule has 108 valence electrons. The minimum absolute atomic E-state index is 0.160. The van der Waals surface area contributed by atoms with Gasteiger partial charge in [0.05, 0.1) is 0 Å². The first-order valence-electron chi connectivity index (χ1n) is 5.76. The number of thiophene rings is 1. The molecular weight excluding hydrogens is 291 g/mol. The van der Waals surface area contributed by atoms with E-state index in [9.17, 15) is 18.0 Å². The van der Waals surface area contributed by atoms with Gasteiger partial charge in [0.2, 0.25) is 5.54 Å². The molecule has 1 aromatic heterocycles. The van der Waals surface area contributed by atoms with Gasteiger partial charge in [-0.25, -0.2) is 4.79 Å². The number of aliphatic carboxylic acids is 1. The van der Waals surface area contributed by atoms with Crippen LogP contribution in [0.4, 0.5) is 13.2 Å². The van der Waals surface area contributed by atoms with Gasteiger partial charge in [-0.15, -0.1) is 11.3 Å². The number of alkyl halides is 3. The highest BCUT2D eigenvalue weighted by molar-refractivity contribution is 7.17. The number of carboxylic acid groups (broad SMARTS) is 1. The van der Waals surface area contributed by atoms with Crippen molar-refractivity contribution >= 4 is 27.4 Å². The number of carbonyl (C=O) groups is 1. The van der Waals surface area contributed by atoms with Crippen molar-refractivity contribution in [3.8, 4) is 0 Å². The van der Waals surface area contributed by atoms with E-state index in [2.05, 4.69) is 5.32 Å². The molecule has 0 saturated carbocycles. The zero-order valence-corrected chi connectivity index (χ0v) is 11.3. The SMILES string of the molecule is CC(NCc1csc2ccccc12)(C(=O)O)C(F)(F)F. The Morgan fingerprint density at radius 1 is 1.35 bits per heavy atom. The first-order valence-corrected chi connectivity index (χ1v) is 6.64. The van der Waals surface area contributed by atoms with Crippen LogP contribution in [0.5, 0.6) is 0 Å². The predicted molar refractivity (Wildman–Crippen MR) is 70.8 cm³/mol. The van der Waals surface area contributed by atoms with Crippen LogP contribution in [0.2, 0.25) is 0 Å². The Morgan fingerprint density at radius 3 is 2.60 bits per heavy atom. The molecule has 1 unspecified atom stereocenters. The van der Waals surface area contributed by atoms with E-state index in [1.54, 1.807) is 17.5 Å². The summed E-state index contributed by atoms with van der Waals surface area (Å²) in [5.74, 6) is -1.94. The molecule has 1 heterocycles. The first kappa shape index (κ1) is 14.8. The maximum absolute atomic E-state index is 12.9. The van der Waals surface area contributed by atoms with Gasteiger partial charge in [-0.05, 0) is 29.3 Å². The van der Waals surface area contributed by atoms with Crippen LogP contribution >= 0.6 is 11.3 Å². The summed E-state index contributed by atoms with van der Waals surface area (Å²) < 4.78 is 39.5. The van der Waals surface area contributed by atoms with Crippen molar-refractivity contribution in [2.24, 2.45) is 0 Å². The molecule has 7 heteroatoms. The maximum atomic E-state index is 12.9. The average molecular weight is 303 g/mol. The smallest absolute Gasteiger partial charge is 0.417 e. The fraction of sp³-hybridized carbons (Fsp3) is 0.308. The minimum atomic E-state index is -4.87. The highest BCUT2D eigenvalue weighted by Crippen LogP contribution is 2.32. The Morgan fingerprint density at radius 2 is 2.00 bits per heavy atom. The van der Waals surface area contributed by atoms with E-state index in [0.717, 1.165) is 10.1 Å². The molecule has 0 amide bonds. The van der Waals surface area contributed by atoms with Crippen molar-refractivity contribution in [3.63, 3.8) is 0 Å². The quantitative estimate of drug-likeness (QED) is 0.910. The third-order valence-corrected chi connectivity index (χ3v) is 4.20. The molecular formula is C13H12F3NO2S. The highest BCUT2D eigenvalue weighted by Gasteiger charge is 2.57. The lowest BCUT2D eigenvalue weighted by Gasteiger charge is -2.28. The van der Waals surface area contributed by atoms with Crippen LogP contribution < -0.4 is 5.32 Å². The number of nitrogens with one attached hydrogen (secondary N) is 1. The van der Waals surface area contributed by atoms with Gasteiger partial charge in [0, 0.05) is 11.2 Å². The van der Waals surface area contributed by atoms with E-state index in [1.165, 1.54) is 11.3 Å². The molecule has 0 spiro atoms. The molecule has 0 aliphatic heterocycles. The van der Waals surface area contributed by atoms with Crippen LogP contribution in [-0.2, 0) is 11.3 Å². The largest absolute Gasteiger partial charge is 0.480 e. The van der Waals surface area contributed by atoms with Crippen LogP contribution in [0.3, 0.4) is 0 Å². The normalized spacial score (nSPS) is 15.2. The Hall–Kier alpha value is -1.60. The molecule has 2 N–H and O–H groups in total. The summed E-state index contributed by atoms with van der Waals surface area (Å²) in [7, 11) is 0. The summed E-state index contributed by atoms with van der Waals surface area (Å²) in [6.45, 7) is 0.468. The monoisotopic (exact) mass is 303 g/mol. The summed E-state index contributed by atoms with van der Waals surface area (Å²) in [5.41, 5.74) is -2.31. The van der Waals surface area contributed by atoms with Gasteiger partial charge in [-0.3, -0.25) is 5.32 Å². The van der Waals surface area contributed by atoms with Crippen molar-refractivity contribution in [1.29, 1.82) is 0 Å². The van der Waals surface area contributed by atoms with E-state index in [4.69, 9.17) is 5.11 Å². The number of fused-ring (bicyclic) bond motifs is 1. The van der Waals surface area contributed by atoms with E-state index < -0.39 is 17.7 Å². The molecule has 0 saturated heterocycles. The molecule has 0 fully saturated rings.